The van der Waals surface area contributed by atoms with E-state index in [2.05, 4.69) is 11.9 Å². The van der Waals surface area contributed by atoms with Crippen molar-refractivity contribution in [2.45, 2.75) is 25.0 Å². The molecule has 3 aliphatic heterocycles. The van der Waals surface area contributed by atoms with Crippen LogP contribution < -0.4 is 0 Å². The van der Waals surface area contributed by atoms with Gasteiger partial charge in [-0.3, -0.25) is 0 Å². The van der Waals surface area contributed by atoms with Gasteiger partial charge in [-0.05, 0) is 19.9 Å². The molecule has 0 radical (unpaired) electrons. The molecule has 3 saturated heterocycles. The molecule has 4 atom stereocenters. The number of rotatable bonds is 0. The minimum atomic E-state index is 0.634. The van der Waals surface area contributed by atoms with E-state index < -0.39 is 0 Å². The zero-order valence-corrected chi connectivity index (χ0v) is 6.99. The average Bonchev–Trinajstić information content (AvgIpc) is 2.53. The van der Waals surface area contributed by atoms with Crippen LogP contribution in [0.25, 0.3) is 0 Å². The first-order valence-corrected chi connectivity index (χ1v) is 4.68. The second-order valence-electron chi connectivity index (χ2n) is 4.34. The largest absolute Gasteiger partial charge is 0.374 e. The van der Waals surface area contributed by atoms with E-state index in [1.165, 1.54) is 25.9 Å². The van der Waals surface area contributed by atoms with E-state index in [0.717, 1.165) is 11.8 Å². The van der Waals surface area contributed by atoms with Gasteiger partial charge in [0.2, 0.25) is 0 Å². The molecule has 0 aromatic heterocycles. The van der Waals surface area contributed by atoms with Crippen molar-refractivity contribution in [3.8, 4) is 0 Å². The van der Waals surface area contributed by atoms with Crippen LogP contribution in [0.15, 0.2) is 0 Å². The van der Waals surface area contributed by atoms with E-state index in [1.807, 2.05) is 0 Å². The van der Waals surface area contributed by atoms with Gasteiger partial charge in [-0.25, -0.2) is 0 Å². The van der Waals surface area contributed by atoms with Crippen molar-refractivity contribution in [3.05, 3.63) is 0 Å². The smallest absolute Gasteiger partial charge is 0.0624 e. The summed E-state index contributed by atoms with van der Waals surface area (Å²) >= 11 is 0. The number of fused-ring (bicyclic) bond motifs is 5. The number of nitrogens with zero attached hydrogens (tertiary/aromatic N) is 1. The monoisotopic (exact) mass is 153 g/mol. The Kier molecular flexibility index (Phi) is 1.16. The SMILES string of the molecule is CN1C[C@@H]2[C@@H](C1)[C@@H]1CC[C@@H]2O1. The summed E-state index contributed by atoms with van der Waals surface area (Å²) in [5.74, 6) is 1.78. The van der Waals surface area contributed by atoms with Crippen molar-refractivity contribution in [2.75, 3.05) is 20.1 Å². The second kappa shape index (κ2) is 1.99. The van der Waals surface area contributed by atoms with Gasteiger partial charge in [0.15, 0.2) is 0 Å². The lowest BCUT2D eigenvalue weighted by Gasteiger charge is -2.18. The van der Waals surface area contributed by atoms with Crippen molar-refractivity contribution in [3.63, 3.8) is 0 Å². The summed E-state index contributed by atoms with van der Waals surface area (Å²) in [6, 6.07) is 0. The topological polar surface area (TPSA) is 12.5 Å². The van der Waals surface area contributed by atoms with Crippen LogP contribution >= 0.6 is 0 Å². The molecular formula is C9H15NO. The molecule has 62 valence electrons. The summed E-state index contributed by atoms with van der Waals surface area (Å²) in [4.78, 5) is 2.46. The molecule has 3 fully saturated rings. The van der Waals surface area contributed by atoms with Crippen molar-refractivity contribution in [1.29, 1.82) is 0 Å². The lowest BCUT2D eigenvalue weighted by molar-refractivity contribution is 0.0735. The molecule has 0 unspecified atom stereocenters. The third-order valence-electron chi connectivity index (χ3n) is 3.64. The number of hydrogen-bond donors (Lipinski definition) is 0. The Morgan fingerprint density at radius 2 is 1.64 bits per heavy atom. The summed E-state index contributed by atoms with van der Waals surface area (Å²) in [6.45, 7) is 2.57. The van der Waals surface area contributed by atoms with Gasteiger partial charge in [-0.15, -0.1) is 0 Å². The van der Waals surface area contributed by atoms with E-state index in [4.69, 9.17) is 4.74 Å². The van der Waals surface area contributed by atoms with Crippen molar-refractivity contribution < 1.29 is 4.74 Å². The van der Waals surface area contributed by atoms with Gasteiger partial charge in [-0.2, -0.15) is 0 Å². The van der Waals surface area contributed by atoms with Crippen LogP contribution in [0.4, 0.5) is 0 Å². The van der Waals surface area contributed by atoms with Crippen LogP contribution in [0.5, 0.6) is 0 Å². The Bertz CT molecular complexity index is 164. The van der Waals surface area contributed by atoms with Gasteiger partial charge in [-0.1, -0.05) is 0 Å². The molecule has 3 aliphatic rings. The molecular weight excluding hydrogens is 138 g/mol. The molecule has 2 nitrogen and oxygen atoms in total. The minimum absolute atomic E-state index is 0.634. The van der Waals surface area contributed by atoms with Crippen LogP contribution in [0, 0.1) is 11.8 Å². The zero-order chi connectivity index (χ0) is 7.42. The van der Waals surface area contributed by atoms with Crippen molar-refractivity contribution >= 4 is 0 Å². The quantitative estimate of drug-likeness (QED) is 0.508. The summed E-state index contributed by atoms with van der Waals surface area (Å²) in [5, 5.41) is 0. The van der Waals surface area contributed by atoms with Gasteiger partial charge in [0.05, 0.1) is 12.2 Å². The Balaban J connectivity index is 1.87. The first-order valence-electron chi connectivity index (χ1n) is 4.68. The highest BCUT2D eigenvalue weighted by Gasteiger charge is 2.52. The molecule has 0 aromatic rings. The highest BCUT2D eigenvalue weighted by molar-refractivity contribution is 5.01. The third kappa shape index (κ3) is 0.744. The van der Waals surface area contributed by atoms with E-state index >= 15 is 0 Å². The minimum Gasteiger partial charge on any atom is -0.374 e. The standard InChI is InChI=1S/C9H15NO/c1-10-4-6-7(5-10)9-3-2-8(6)11-9/h6-9H,2-5H2,1H3/t6-,7-,8+,9+/m1/s1. The molecule has 11 heavy (non-hydrogen) atoms. The molecule has 3 rings (SSSR count). The number of likely N-dealkylation sites (tertiary alicyclic amines) is 1. The summed E-state index contributed by atoms with van der Waals surface area (Å²) < 4.78 is 5.86. The van der Waals surface area contributed by atoms with E-state index in [9.17, 15) is 0 Å². The Morgan fingerprint density at radius 1 is 1.09 bits per heavy atom. The molecule has 0 N–H and O–H groups in total. The van der Waals surface area contributed by atoms with Crippen LogP contribution in [0.1, 0.15) is 12.8 Å². The van der Waals surface area contributed by atoms with Gasteiger partial charge in [0, 0.05) is 24.9 Å². The molecule has 0 spiro atoms. The maximum atomic E-state index is 5.86. The lowest BCUT2D eigenvalue weighted by Crippen LogP contribution is -2.24. The highest BCUT2D eigenvalue weighted by Crippen LogP contribution is 2.46. The second-order valence-corrected chi connectivity index (χ2v) is 4.34. The van der Waals surface area contributed by atoms with E-state index in [1.54, 1.807) is 0 Å². The summed E-state index contributed by atoms with van der Waals surface area (Å²) in [6.07, 6.45) is 3.93. The van der Waals surface area contributed by atoms with Gasteiger partial charge in [0.1, 0.15) is 0 Å². The van der Waals surface area contributed by atoms with Gasteiger partial charge >= 0.3 is 0 Å². The molecule has 2 heteroatoms. The lowest BCUT2D eigenvalue weighted by atomic mass is 9.82. The van der Waals surface area contributed by atoms with Crippen LogP contribution in [-0.2, 0) is 4.74 Å². The predicted octanol–water partition coefficient (Wildman–Crippen LogP) is 0.725. The Morgan fingerprint density at radius 3 is 2.18 bits per heavy atom. The average molecular weight is 153 g/mol. The predicted molar refractivity (Wildman–Crippen MR) is 42.4 cm³/mol. The van der Waals surface area contributed by atoms with Gasteiger partial charge in [0.25, 0.3) is 0 Å². The number of hydrogen-bond acceptors (Lipinski definition) is 2. The summed E-state index contributed by atoms with van der Waals surface area (Å²) in [5.41, 5.74) is 0. The number of ether oxygens (including phenoxy) is 1. The van der Waals surface area contributed by atoms with Crippen LogP contribution in [-0.4, -0.2) is 37.2 Å². The van der Waals surface area contributed by atoms with Crippen LogP contribution in [0.3, 0.4) is 0 Å². The van der Waals surface area contributed by atoms with E-state index in [0.29, 0.717) is 12.2 Å². The molecule has 0 amide bonds. The molecule has 0 saturated carbocycles. The first kappa shape index (κ1) is 6.44. The highest BCUT2D eigenvalue weighted by atomic mass is 16.5. The maximum absolute atomic E-state index is 5.86. The fourth-order valence-electron chi connectivity index (χ4n) is 3.17. The zero-order valence-electron chi connectivity index (χ0n) is 6.99. The Hall–Kier alpha value is -0.0800. The normalized spacial score (nSPS) is 55.4. The van der Waals surface area contributed by atoms with Crippen molar-refractivity contribution in [1.82, 2.24) is 4.90 Å². The molecule has 0 aromatic carbocycles. The van der Waals surface area contributed by atoms with E-state index in [-0.39, 0.29) is 0 Å². The fourth-order valence-corrected chi connectivity index (χ4v) is 3.17. The fraction of sp³-hybridized carbons (Fsp3) is 1.00. The first-order chi connectivity index (χ1) is 5.34. The summed E-state index contributed by atoms with van der Waals surface area (Å²) in [7, 11) is 2.23. The molecule has 0 aliphatic carbocycles. The maximum Gasteiger partial charge on any atom is 0.0624 e. The molecule has 3 heterocycles. The molecule has 2 bridgehead atoms. The Labute approximate surface area is 67.5 Å². The van der Waals surface area contributed by atoms with Crippen LogP contribution in [0.2, 0.25) is 0 Å². The van der Waals surface area contributed by atoms with Crippen molar-refractivity contribution in [2.24, 2.45) is 11.8 Å². The third-order valence-corrected chi connectivity index (χ3v) is 3.64. The van der Waals surface area contributed by atoms with Gasteiger partial charge < -0.3 is 9.64 Å².